The zero-order valence-corrected chi connectivity index (χ0v) is 11.0. The highest BCUT2D eigenvalue weighted by molar-refractivity contribution is 8.00. The van der Waals surface area contributed by atoms with Gasteiger partial charge in [0.05, 0.1) is 0 Å². The number of nitrogens with zero attached hydrogens (tertiary/aromatic N) is 1. The molecular weight excluding hydrogens is 230 g/mol. The number of amidine groups is 1. The van der Waals surface area contributed by atoms with Crippen LogP contribution in [0.4, 0.5) is 0 Å². The summed E-state index contributed by atoms with van der Waals surface area (Å²) in [5.41, 5.74) is 6.03. The normalized spacial score (nSPS) is 24.5. The van der Waals surface area contributed by atoms with E-state index in [1.54, 1.807) is 6.20 Å². The van der Waals surface area contributed by atoms with E-state index in [2.05, 4.69) is 11.9 Å². The van der Waals surface area contributed by atoms with Gasteiger partial charge in [0, 0.05) is 16.3 Å². The van der Waals surface area contributed by atoms with Crippen molar-refractivity contribution in [1.82, 2.24) is 4.98 Å². The van der Waals surface area contributed by atoms with Gasteiger partial charge in [0.2, 0.25) is 0 Å². The predicted octanol–water partition coefficient (Wildman–Crippen LogP) is 3.04. The summed E-state index contributed by atoms with van der Waals surface area (Å²) in [5, 5.41) is 8.10. The lowest BCUT2D eigenvalue weighted by Gasteiger charge is -2.26. The Labute approximate surface area is 107 Å². The van der Waals surface area contributed by atoms with E-state index in [1.807, 2.05) is 23.9 Å². The highest BCUT2D eigenvalue weighted by Gasteiger charge is 2.19. The van der Waals surface area contributed by atoms with Crippen LogP contribution in [0.15, 0.2) is 23.2 Å². The molecule has 0 radical (unpaired) electrons. The largest absolute Gasteiger partial charge is 0.382 e. The first-order valence-corrected chi connectivity index (χ1v) is 7.00. The molecule has 0 aromatic carbocycles. The first-order valence-electron chi connectivity index (χ1n) is 6.12. The minimum Gasteiger partial charge on any atom is -0.382 e. The molecule has 1 aliphatic rings. The van der Waals surface area contributed by atoms with Gasteiger partial charge in [0.25, 0.3) is 0 Å². The van der Waals surface area contributed by atoms with Gasteiger partial charge in [-0.1, -0.05) is 19.8 Å². The Balaban J connectivity index is 2.02. The van der Waals surface area contributed by atoms with Crippen molar-refractivity contribution in [1.29, 1.82) is 5.41 Å². The Bertz CT molecular complexity index is 405. The molecule has 4 heteroatoms. The van der Waals surface area contributed by atoms with Gasteiger partial charge in [-0.15, -0.1) is 11.8 Å². The summed E-state index contributed by atoms with van der Waals surface area (Å²) in [7, 11) is 0. The van der Waals surface area contributed by atoms with Gasteiger partial charge in [-0.2, -0.15) is 0 Å². The standard InChI is InChI=1S/C13H19N3S/c1-9-3-2-4-10(7-9)17-11-5-6-16-12(8-11)13(14)15/h5-6,8-10H,2-4,7H2,1H3,(H3,14,15). The van der Waals surface area contributed by atoms with Crippen molar-refractivity contribution in [3.63, 3.8) is 0 Å². The number of nitrogen functional groups attached to an aromatic ring is 1. The van der Waals surface area contributed by atoms with Crippen LogP contribution in [-0.2, 0) is 0 Å². The Morgan fingerprint density at radius 2 is 2.35 bits per heavy atom. The summed E-state index contributed by atoms with van der Waals surface area (Å²) in [6.07, 6.45) is 7.04. The summed E-state index contributed by atoms with van der Waals surface area (Å²) >= 11 is 1.91. The second-order valence-corrected chi connectivity index (χ2v) is 6.18. The lowest BCUT2D eigenvalue weighted by molar-refractivity contribution is 0.394. The fourth-order valence-electron chi connectivity index (χ4n) is 2.31. The van der Waals surface area contributed by atoms with E-state index in [9.17, 15) is 0 Å². The summed E-state index contributed by atoms with van der Waals surface area (Å²) in [4.78, 5) is 5.27. The Hall–Kier alpha value is -1.03. The molecule has 1 heterocycles. The number of hydrogen-bond donors (Lipinski definition) is 2. The molecule has 1 fully saturated rings. The number of thioether (sulfide) groups is 1. The monoisotopic (exact) mass is 249 g/mol. The highest BCUT2D eigenvalue weighted by Crippen LogP contribution is 2.35. The maximum absolute atomic E-state index is 7.39. The molecule has 17 heavy (non-hydrogen) atoms. The molecule has 0 bridgehead atoms. The van der Waals surface area contributed by atoms with E-state index in [1.165, 1.54) is 30.6 Å². The third kappa shape index (κ3) is 3.46. The van der Waals surface area contributed by atoms with Crippen LogP contribution in [0.5, 0.6) is 0 Å². The number of aromatic nitrogens is 1. The molecule has 0 aliphatic heterocycles. The fraction of sp³-hybridized carbons (Fsp3) is 0.538. The average Bonchev–Trinajstić information content (AvgIpc) is 2.29. The van der Waals surface area contributed by atoms with Gasteiger partial charge in [-0.3, -0.25) is 10.4 Å². The summed E-state index contributed by atoms with van der Waals surface area (Å²) in [5.74, 6) is 0.889. The molecule has 92 valence electrons. The van der Waals surface area contributed by atoms with Gasteiger partial charge in [-0.05, 0) is 30.9 Å². The lowest BCUT2D eigenvalue weighted by atomic mass is 9.91. The van der Waals surface area contributed by atoms with E-state index in [0.29, 0.717) is 10.9 Å². The minimum atomic E-state index is 0.0458. The van der Waals surface area contributed by atoms with Crippen molar-refractivity contribution < 1.29 is 0 Å². The molecule has 2 unspecified atom stereocenters. The number of rotatable bonds is 3. The van der Waals surface area contributed by atoms with Crippen molar-refractivity contribution in [3.05, 3.63) is 24.0 Å². The van der Waals surface area contributed by atoms with Crippen LogP contribution < -0.4 is 5.73 Å². The average molecular weight is 249 g/mol. The fourth-order valence-corrected chi connectivity index (χ4v) is 3.72. The number of nitrogens with one attached hydrogen (secondary N) is 1. The molecule has 0 saturated heterocycles. The van der Waals surface area contributed by atoms with Crippen molar-refractivity contribution in [2.24, 2.45) is 11.7 Å². The molecule has 1 aliphatic carbocycles. The molecule has 3 nitrogen and oxygen atoms in total. The third-order valence-corrected chi connectivity index (χ3v) is 4.49. The zero-order valence-electron chi connectivity index (χ0n) is 10.1. The quantitative estimate of drug-likeness (QED) is 0.639. The summed E-state index contributed by atoms with van der Waals surface area (Å²) < 4.78 is 0. The first kappa shape index (κ1) is 12.4. The Morgan fingerprint density at radius 3 is 3.06 bits per heavy atom. The van der Waals surface area contributed by atoms with Crippen LogP contribution in [-0.4, -0.2) is 16.1 Å². The first-order chi connectivity index (χ1) is 8.15. The van der Waals surface area contributed by atoms with Crippen molar-refractivity contribution in [2.45, 2.75) is 42.8 Å². The number of pyridine rings is 1. The van der Waals surface area contributed by atoms with E-state index < -0.39 is 0 Å². The van der Waals surface area contributed by atoms with E-state index in [0.717, 1.165) is 5.92 Å². The molecule has 0 amide bonds. The van der Waals surface area contributed by atoms with Gasteiger partial charge < -0.3 is 5.73 Å². The number of hydrogen-bond acceptors (Lipinski definition) is 3. The molecule has 2 atom stereocenters. The van der Waals surface area contributed by atoms with Crippen LogP contribution in [0.1, 0.15) is 38.3 Å². The SMILES string of the molecule is CC1CCCC(Sc2ccnc(C(=N)N)c2)C1. The highest BCUT2D eigenvalue weighted by atomic mass is 32.2. The molecule has 1 aromatic rings. The van der Waals surface area contributed by atoms with Crippen molar-refractivity contribution in [3.8, 4) is 0 Å². The second kappa shape index (κ2) is 5.54. The Kier molecular flexibility index (Phi) is 4.05. The van der Waals surface area contributed by atoms with Gasteiger partial charge >= 0.3 is 0 Å². The van der Waals surface area contributed by atoms with Crippen molar-refractivity contribution >= 4 is 17.6 Å². The van der Waals surface area contributed by atoms with Crippen LogP contribution in [0.25, 0.3) is 0 Å². The van der Waals surface area contributed by atoms with E-state index in [-0.39, 0.29) is 5.84 Å². The molecule has 0 spiro atoms. The van der Waals surface area contributed by atoms with Gasteiger partial charge in [0.1, 0.15) is 11.5 Å². The second-order valence-electron chi connectivity index (χ2n) is 4.80. The maximum atomic E-state index is 7.39. The molecule has 1 aromatic heterocycles. The maximum Gasteiger partial charge on any atom is 0.141 e. The molecule has 2 rings (SSSR count). The Morgan fingerprint density at radius 1 is 1.53 bits per heavy atom. The topological polar surface area (TPSA) is 62.8 Å². The van der Waals surface area contributed by atoms with Crippen LogP contribution in [0.3, 0.4) is 0 Å². The van der Waals surface area contributed by atoms with Crippen LogP contribution >= 0.6 is 11.8 Å². The van der Waals surface area contributed by atoms with Crippen molar-refractivity contribution in [2.75, 3.05) is 0 Å². The lowest BCUT2D eigenvalue weighted by Crippen LogP contribution is -2.15. The third-order valence-electron chi connectivity index (χ3n) is 3.20. The van der Waals surface area contributed by atoms with Gasteiger partial charge in [0.15, 0.2) is 0 Å². The summed E-state index contributed by atoms with van der Waals surface area (Å²) in [6, 6.07) is 3.93. The predicted molar refractivity (Wildman–Crippen MR) is 72.5 cm³/mol. The van der Waals surface area contributed by atoms with Crippen LogP contribution in [0.2, 0.25) is 0 Å². The molecule has 3 N–H and O–H groups in total. The smallest absolute Gasteiger partial charge is 0.141 e. The molecule has 1 saturated carbocycles. The van der Waals surface area contributed by atoms with E-state index in [4.69, 9.17) is 11.1 Å². The number of nitrogens with two attached hydrogens (primary N) is 1. The summed E-state index contributed by atoms with van der Waals surface area (Å²) in [6.45, 7) is 2.33. The van der Waals surface area contributed by atoms with Crippen LogP contribution in [0, 0.1) is 11.3 Å². The zero-order chi connectivity index (χ0) is 12.3. The molecular formula is C13H19N3S. The minimum absolute atomic E-state index is 0.0458. The van der Waals surface area contributed by atoms with Gasteiger partial charge in [-0.25, -0.2) is 0 Å². The van der Waals surface area contributed by atoms with E-state index >= 15 is 0 Å².